The summed E-state index contributed by atoms with van der Waals surface area (Å²) in [5.41, 5.74) is 7.13. The van der Waals surface area contributed by atoms with Gasteiger partial charge >= 0.3 is 0 Å². The third kappa shape index (κ3) is 2.79. The van der Waals surface area contributed by atoms with Gasteiger partial charge < -0.3 is 10.8 Å². The van der Waals surface area contributed by atoms with Crippen LogP contribution in [0.1, 0.15) is 31.3 Å². The van der Waals surface area contributed by atoms with Gasteiger partial charge in [-0.05, 0) is 24.6 Å². The maximum Gasteiger partial charge on any atom is 0.0982 e. The van der Waals surface area contributed by atoms with Gasteiger partial charge in [0.2, 0.25) is 0 Å². The molecule has 1 atom stereocenters. The highest BCUT2D eigenvalue weighted by atomic mass is 16.3. The lowest BCUT2D eigenvalue weighted by Crippen LogP contribution is -2.10. The third-order valence-corrected chi connectivity index (χ3v) is 2.16. The van der Waals surface area contributed by atoms with E-state index in [1.807, 2.05) is 32.0 Å². The minimum atomic E-state index is -0.479. The largest absolute Gasteiger partial charge is 0.387 e. The second-order valence-corrected chi connectivity index (χ2v) is 3.78. The van der Waals surface area contributed by atoms with Crippen LogP contribution in [0, 0.1) is 5.92 Å². The highest BCUT2D eigenvalue weighted by Crippen LogP contribution is 2.19. The molecule has 3 N–H and O–H groups in total. The molecule has 0 fully saturated rings. The molecule has 1 aromatic rings. The number of aromatic nitrogens is 1. The highest BCUT2D eigenvalue weighted by molar-refractivity contribution is 5.13. The maximum absolute atomic E-state index is 9.80. The van der Waals surface area contributed by atoms with Crippen LogP contribution in [0.15, 0.2) is 18.2 Å². The van der Waals surface area contributed by atoms with Crippen LogP contribution in [0.25, 0.3) is 0 Å². The number of nitrogens with two attached hydrogens (primary N) is 1. The van der Waals surface area contributed by atoms with Crippen LogP contribution < -0.4 is 5.73 Å². The molecule has 0 spiro atoms. The fourth-order valence-electron chi connectivity index (χ4n) is 1.29. The van der Waals surface area contributed by atoms with Gasteiger partial charge in [-0.2, -0.15) is 0 Å². The van der Waals surface area contributed by atoms with E-state index in [0.29, 0.717) is 6.54 Å². The molecule has 3 heteroatoms. The molecule has 3 nitrogen and oxygen atoms in total. The molecule has 0 radical (unpaired) electrons. The fraction of sp³-hybridized carbons (Fsp3) is 0.545. The number of nitrogens with zero attached hydrogens (tertiary/aromatic N) is 1. The summed E-state index contributed by atoms with van der Waals surface area (Å²) in [6.45, 7) is 4.54. The second kappa shape index (κ2) is 5.08. The first kappa shape index (κ1) is 11.1. The molecular formula is C11H18N2O. The van der Waals surface area contributed by atoms with Gasteiger partial charge in [0.15, 0.2) is 0 Å². The molecule has 0 bridgehead atoms. The number of hydrogen-bond acceptors (Lipinski definition) is 3. The summed E-state index contributed by atoms with van der Waals surface area (Å²) in [6.07, 6.45) is 0.284. The Labute approximate surface area is 85.0 Å². The molecule has 1 unspecified atom stereocenters. The minimum absolute atomic E-state index is 0.190. The monoisotopic (exact) mass is 194 g/mol. The van der Waals surface area contributed by atoms with Crippen molar-refractivity contribution in [3.05, 3.63) is 29.6 Å². The van der Waals surface area contributed by atoms with Crippen molar-refractivity contribution in [2.45, 2.75) is 26.4 Å². The van der Waals surface area contributed by atoms with E-state index < -0.39 is 6.10 Å². The number of aliphatic hydroxyl groups excluding tert-OH is 1. The Hall–Kier alpha value is -0.930. The molecule has 0 aromatic carbocycles. The van der Waals surface area contributed by atoms with E-state index in [2.05, 4.69) is 4.98 Å². The molecule has 1 heterocycles. The molecule has 1 rings (SSSR count). The number of hydrogen-bond donors (Lipinski definition) is 2. The van der Waals surface area contributed by atoms with Gasteiger partial charge in [0.1, 0.15) is 0 Å². The van der Waals surface area contributed by atoms with Crippen molar-refractivity contribution in [3.63, 3.8) is 0 Å². The topological polar surface area (TPSA) is 59.1 Å². The number of aliphatic hydroxyl groups is 1. The molecule has 0 aliphatic carbocycles. The zero-order valence-electron chi connectivity index (χ0n) is 8.77. The molecular weight excluding hydrogens is 176 g/mol. The quantitative estimate of drug-likeness (QED) is 0.759. The predicted octanol–water partition coefficient (Wildman–Crippen LogP) is 1.27. The van der Waals surface area contributed by atoms with E-state index in [9.17, 15) is 5.11 Å². The Kier molecular flexibility index (Phi) is 4.04. The summed E-state index contributed by atoms with van der Waals surface area (Å²) < 4.78 is 0. The Morgan fingerprint density at radius 3 is 2.71 bits per heavy atom. The van der Waals surface area contributed by atoms with Gasteiger partial charge in [0.05, 0.1) is 11.8 Å². The molecule has 0 aliphatic rings. The van der Waals surface area contributed by atoms with Crippen LogP contribution >= 0.6 is 0 Å². The van der Waals surface area contributed by atoms with Crippen LogP contribution in [0.4, 0.5) is 0 Å². The summed E-state index contributed by atoms with van der Waals surface area (Å²) in [4.78, 5) is 4.35. The first-order valence-corrected chi connectivity index (χ1v) is 4.99. The smallest absolute Gasteiger partial charge is 0.0982 e. The van der Waals surface area contributed by atoms with Crippen LogP contribution in [0.5, 0.6) is 0 Å². The first-order valence-electron chi connectivity index (χ1n) is 4.99. The summed E-state index contributed by atoms with van der Waals surface area (Å²) in [6, 6.07) is 5.70. The molecule has 0 saturated carbocycles. The van der Waals surface area contributed by atoms with Crippen molar-refractivity contribution in [1.29, 1.82) is 0 Å². The minimum Gasteiger partial charge on any atom is -0.387 e. The SMILES string of the molecule is CC(C)C(O)c1cccc(CCN)n1. The second-order valence-electron chi connectivity index (χ2n) is 3.78. The van der Waals surface area contributed by atoms with E-state index in [1.54, 1.807) is 0 Å². The van der Waals surface area contributed by atoms with Crippen molar-refractivity contribution < 1.29 is 5.11 Å². The lowest BCUT2D eigenvalue weighted by Gasteiger charge is -2.14. The predicted molar refractivity (Wildman–Crippen MR) is 56.8 cm³/mol. The van der Waals surface area contributed by atoms with Gasteiger partial charge in [-0.1, -0.05) is 19.9 Å². The fourth-order valence-corrected chi connectivity index (χ4v) is 1.29. The zero-order chi connectivity index (χ0) is 10.6. The maximum atomic E-state index is 9.80. The summed E-state index contributed by atoms with van der Waals surface area (Å²) in [5, 5.41) is 9.80. The zero-order valence-corrected chi connectivity index (χ0v) is 8.77. The number of pyridine rings is 1. The molecule has 0 aliphatic heterocycles. The average Bonchev–Trinajstić information content (AvgIpc) is 2.17. The normalized spacial score (nSPS) is 13.2. The molecule has 0 amide bonds. The van der Waals surface area contributed by atoms with Crippen molar-refractivity contribution in [2.24, 2.45) is 11.7 Å². The van der Waals surface area contributed by atoms with Crippen LogP contribution in [-0.2, 0) is 6.42 Å². The van der Waals surface area contributed by atoms with E-state index >= 15 is 0 Å². The van der Waals surface area contributed by atoms with Crippen molar-refractivity contribution in [1.82, 2.24) is 4.98 Å². The van der Waals surface area contributed by atoms with Gasteiger partial charge in [-0.3, -0.25) is 4.98 Å². The Balaban J connectivity index is 2.82. The summed E-state index contributed by atoms with van der Waals surface area (Å²) in [7, 11) is 0. The standard InChI is InChI=1S/C11H18N2O/c1-8(2)11(14)10-5-3-4-9(13-10)6-7-12/h3-5,8,11,14H,6-7,12H2,1-2H3. The van der Waals surface area contributed by atoms with Gasteiger partial charge in [-0.25, -0.2) is 0 Å². The highest BCUT2D eigenvalue weighted by Gasteiger charge is 2.13. The van der Waals surface area contributed by atoms with Crippen LogP contribution in [0.2, 0.25) is 0 Å². The Morgan fingerprint density at radius 2 is 2.14 bits per heavy atom. The van der Waals surface area contributed by atoms with Crippen molar-refractivity contribution in [2.75, 3.05) is 6.54 Å². The summed E-state index contributed by atoms with van der Waals surface area (Å²) in [5.74, 6) is 0.190. The van der Waals surface area contributed by atoms with E-state index in [1.165, 1.54) is 0 Å². The van der Waals surface area contributed by atoms with Crippen LogP contribution in [-0.4, -0.2) is 16.6 Å². The van der Waals surface area contributed by atoms with Crippen molar-refractivity contribution >= 4 is 0 Å². The third-order valence-electron chi connectivity index (χ3n) is 2.16. The van der Waals surface area contributed by atoms with Crippen molar-refractivity contribution in [3.8, 4) is 0 Å². The van der Waals surface area contributed by atoms with Crippen LogP contribution in [0.3, 0.4) is 0 Å². The van der Waals surface area contributed by atoms with Gasteiger partial charge in [0.25, 0.3) is 0 Å². The summed E-state index contributed by atoms with van der Waals surface area (Å²) >= 11 is 0. The van der Waals surface area contributed by atoms with E-state index in [0.717, 1.165) is 17.8 Å². The Morgan fingerprint density at radius 1 is 1.43 bits per heavy atom. The molecule has 0 saturated heterocycles. The molecule has 14 heavy (non-hydrogen) atoms. The molecule has 1 aromatic heterocycles. The lowest BCUT2D eigenvalue weighted by molar-refractivity contribution is 0.122. The number of rotatable bonds is 4. The van der Waals surface area contributed by atoms with E-state index in [4.69, 9.17) is 5.73 Å². The lowest BCUT2D eigenvalue weighted by atomic mass is 10.0. The molecule has 78 valence electrons. The van der Waals surface area contributed by atoms with E-state index in [-0.39, 0.29) is 5.92 Å². The first-order chi connectivity index (χ1) is 6.65. The average molecular weight is 194 g/mol. The van der Waals surface area contributed by atoms with Gasteiger partial charge in [-0.15, -0.1) is 0 Å². The Bertz CT molecular complexity index is 286. The van der Waals surface area contributed by atoms with Gasteiger partial charge in [0, 0.05) is 12.1 Å².